The topological polar surface area (TPSA) is 29.1 Å². The highest BCUT2D eigenvalue weighted by Crippen LogP contribution is 2.31. The van der Waals surface area contributed by atoms with Gasteiger partial charge in [-0.15, -0.1) is 0 Å². The van der Waals surface area contributed by atoms with E-state index in [1.54, 1.807) is 24.3 Å². The molecule has 0 spiro atoms. The fraction of sp³-hybridized carbons (Fsp3) is 0.188. The number of benzene rings is 2. The molecule has 0 atom stereocenters. The molecule has 2 aromatic rings. The molecule has 2 rings (SSSR count). The number of amides is 1. The van der Waals surface area contributed by atoms with Gasteiger partial charge in [0.15, 0.2) is 0 Å². The second-order valence-corrected chi connectivity index (χ2v) is 6.38. The number of rotatable bonds is 4. The van der Waals surface area contributed by atoms with Crippen LogP contribution in [0.5, 0.6) is 0 Å². The van der Waals surface area contributed by atoms with Crippen LogP contribution in [0.2, 0.25) is 5.02 Å². The van der Waals surface area contributed by atoms with Crippen LogP contribution in [-0.2, 0) is 12.6 Å². The molecule has 1 amide bonds. The van der Waals surface area contributed by atoms with E-state index in [0.29, 0.717) is 14.2 Å². The maximum Gasteiger partial charge on any atom is 0.416 e. The quantitative estimate of drug-likeness (QED) is 0.653. The van der Waals surface area contributed by atoms with E-state index in [1.807, 2.05) is 22.6 Å². The summed E-state index contributed by atoms with van der Waals surface area (Å²) in [6.07, 6.45) is -4.29. The van der Waals surface area contributed by atoms with Crippen molar-refractivity contribution in [2.75, 3.05) is 6.54 Å². The fourth-order valence-electron chi connectivity index (χ4n) is 2.09. The summed E-state index contributed by atoms with van der Waals surface area (Å²) in [5, 5.41) is 3.15. The molecule has 0 bridgehead atoms. The number of hydrogen-bond acceptors (Lipinski definition) is 1. The van der Waals surface area contributed by atoms with Crippen molar-refractivity contribution in [1.82, 2.24) is 5.32 Å². The van der Waals surface area contributed by atoms with Crippen molar-refractivity contribution in [3.8, 4) is 0 Å². The number of hydrogen-bond donors (Lipinski definition) is 1. The van der Waals surface area contributed by atoms with Crippen molar-refractivity contribution >= 4 is 40.1 Å². The summed E-state index contributed by atoms with van der Waals surface area (Å²) in [5.41, 5.74) is -0.0690. The molecule has 0 saturated heterocycles. The van der Waals surface area contributed by atoms with Gasteiger partial charge in [0.1, 0.15) is 0 Å². The predicted octanol–water partition coefficient (Wildman–Crippen LogP) is 4.94. The molecule has 0 aliphatic carbocycles. The molecule has 7 heteroatoms. The molecular weight excluding hydrogens is 442 g/mol. The highest BCUT2D eigenvalue weighted by atomic mass is 127. The molecule has 0 fully saturated rings. The Hall–Kier alpha value is -1.28. The Labute approximate surface area is 150 Å². The number of carbonyl (C=O) groups is 1. The van der Waals surface area contributed by atoms with Gasteiger partial charge in [-0.2, -0.15) is 13.2 Å². The lowest BCUT2D eigenvalue weighted by Gasteiger charge is -2.13. The van der Waals surface area contributed by atoms with E-state index in [9.17, 15) is 18.0 Å². The first-order chi connectivity index (χ1) is 10.8. The molecule has 2 aromatic carbocycles. The maximum absolute atomic E-state index is 12.9. The third-order valence-electron chi connectivity index (χ3n) is 3.18. The molecular formula is C16H12ClF3INO. The molecule has 0 aliphatic rings. The molecule has 122 valence electrons. The normalized spacial score (nSPS) is 11.3. The van der Waals surface area contributed by atoms with Crippen molar-refractivity contribution in [2.45, 2.75) is 12.6 Å². The standard InChI is InChI=1S/C16H12ClF3INO/c17-11-5-6-12(14(21)9-11)15(23)22-8-7-10-3-1-2-4-13(10)16(18,19)20/h1-6,9H,7-8H2,(H,22,23). The molecule has 1 N–H and O–H groups in total. The van der Waals surface area contributed by atoms with Gasteiger partial charge in [0.25, 0.3) is 5.91 Å². The minimum Gasteiger partial charge on any atom is -0.352 e. The van der Waals surface area contributed by atoms with Gasteiger partial charge in [-0.3, -0.25) is 4.79 Å². The zero-order chi connectivity index (χ0) is 17.0. The summed E-state index contributed by atoms with van der Waals surface area (Å²) in [5.74, 6) is -0.337. The summed E-state index contributed by atoms with van der Waals surface area (Å²) < 4.78 is 39.4. The Morgan fingerprint density at radius 2 is 1.87 bits per heavy atom. The van der Waals surface area contributed by atoms with E-state index in [0.717, 1.165) is 6.07 Å². The molecule has 0 heterocycles. The lowest BCUT2D eigenvalue weighted by atomic mass is 10.0. The van der Waals surface area contributed by atoms with Crippen LogP contribution < -0.4 is 5.32 Å². The zero-order valence-corrected chi connectivity index (χ0v) is 14.7. The largest absolute Gasteiger partial charge is 0.416 e. The van der Waals surface area contributed by atoms with Crippen molar-refractivity contribution in [2.24, 2.45) is 0 Å². The number of nitrogens with one attached hydrogen (secondary N) is 1. The summed E-state index contributed by atoms with van der Waals surface area (Å²) >= 11 is 7.81. The second-order valence-electron chi connectivity index (χ2n) is 4.78. The molecule has 2 nitrogen and oxygen atoms in total. The summed E-state index contributed by atoms with van der Waals surface area (Å²) in [6.45, 7) is 0.116. The Kier molecular flexibility index (Phi) is 5.91. The van der Waals surface area contributed by atoms with Gasteiger partial charge in [0.05, 0.1) is 11.1 Å². The fourth-order valence-corrected chi connectivity index (χ4v) is 3.21. The third-order valence-corrected chi connectivity index (χ3v) is 4.31. The van der Waals surface area contributed by atoms with Gasteiger partial charge < -0.3 is 5.32 Å². The van der Waals surface area contributed by atoms with Crippen molar-refractivity contribution in [3.63, 3.8) is 0 Å². The molecule has 23 heavy (non-hydrogen) atoms. The van der Waals surface area contributed by atoms with Gasteiger partial charge in [0.2, 0.25) is 0 Å². The minimum atomic E-state index is -4.40. The van der Waals surface area contributed by atoms with E-state index in [2.05, 4.69) is 5.32 Å². The lowest BCUT2D eigenvalue weighted by Crippen LogP contribution is -2.27. The molecule has 0 unspecified atom stereocenters. The van der Waals surface area contributed by atoms with Crippen LogP contribution in [-0.4, -0.2) is 12.5 Å². The SMILES string of the molecule is O=C(NCCc1ccccc1C(F)(F)F)c1ccc(Cl)cc1I. The first-order valence-electron chi connectivity index (χ1n) is 6.67. The van der Waals surface area contributed by atoms with Gasteiger partial charge >= 0.3 is 6.18 Å². The first kappa shape index (κ1) is 18.1. The average Bonchev–Trinajstić information content (AvgIpc) is 2.46. The smallest absolute Gasteiger partial charge is 0.352 e. The van der Waals surface area contributed by atoms with Crippen molar-refractivity contribution in [1.29, 1.82) is 0 Å². The summed E-state index contributed by atoms with van der Waals surface area (Å²) in [6, 6.07) is 10.2. The lowest BCUT2D eigenvalue weighted by molar-refractivity contribution is -0.138. The van der Waals surface area contributed by atoms with Crippen LogP contribution in [0.25, 0.3) is 0 Å². The van der Waals surface area contributed by atoms with Crippen molar-refractivity contribution < 1.29 is 18.0 Å². The highest BCUT2D eigenvalue weighted by Gasteiger charge is 2.32. The molecule has 0 aliphatic heterocycles. The Balaban J connectivity index is 2.02. The van der Waals surface area contributed by atoms with E-state index >= 15 is 0 Å². The monoisotopic (exact) mass is 453 g/mol. The third kappa shape index (κ3) is 4.84. The summed E-state index contributed by atoms with van der Waals surface area (Å²) in [4.78, 5) is 12.1. The minimum absolute atomic E-state index is 0.103. The summed E-state index contributed by atoms with van der Waals surface area (Å²) in [7, 11) is 0. The van der Waals surface area contributed by atoms with Crippen LogP contribution in [0.4, 0.5) is 13.2 Å². The van der Waals surface area contributed by atoms with E-state index in [-0.39, 0.29) is 24.4 Å². The van der Waals surface area contributed by atoms with E-state index < -0.39 is 11.7 Å². The van der Waals surface area contributed by atoms with Gasteiger partial charge in [-0.1, -0.05) is 29.8 Å². The van der Waals surface area contributed by atoms with Crippen LogP contribution in [0.1, 0.15) is 21.5 Å². The Bertz CT molecular complexity index is 719. The van der Waals surface area contributed by atoms with Crippen LogP contribution in [0, 0.1) is 3.57 Å². The predicted molar refractivity (Wildman–Crippen MR) is 91.7 cm³/mol. The van der Waals surface area contributed by atoms with Crippen LogP contribution in [0.15, 0.2) is 42.5 Å². The van der Waals surface area contributed by atoms with E-state index in [1.165, 1.54) is 12.1 Å². The number of carbonyl (C=O) groups excluding carboxylic acids is 1. The van der Waals surface area contributed by atoms with Gasteiger partial charge in [-0.05, 0) is 58.8 Å². The van der Waals surface area contributed by atoms with Gasteiger partial charge in [0, 0.05) is 15.1 Å². The number of halogens is 5. The maximum atomic E-state index is 12.9. The number of alkyl halides is 3. The van der Waals surface area contributed by atoms with E-state index in [4.69, 9.17) is 11.6 Å². The Morgan fingerprint density at radius 3 is 2.52 bits per heavy atom. The average molecular weight is 454 g/mol. The highest BCUT2D eigenvalue weighted by molar-refractivity contribution is 14.1. The van der Waals surface area contributed by atoms with Crippen LogP contribution in [0.3, 0.4) is 0 Å². The molecule has 0 radical (unpaired) electrons. The zero-order valence-electron chi connectivity index (χ0n) is 11.8. The first-order valence-corrected chi connectivity index (χ1v) is 8.13. The van der Waals surface area contributed by atoms with Crippen LogP contribution >= 0.6 is 34.2 Å². The van der Waals surface area contributed by atoms with Gasteiger partial charge in [-0.25, -0.2) is 0 Å². The Morgan fingerprint density at radius 1 is 1.17 bits per heavy atom. The molecule has 0 aromatic heterocycles. The second kappa shape index (κ2) is 7.53. The molecule has 0 saturated carbocycles. The van der Waals surface area contributed by atoms with Crippen molar-refractivity contribution in [3.05, 3.63) is 67.7 Å².